The van der Waals surface area contributed by atoms with Crippen LogP contribution < -0.4 is 0 Å². The number of ether oxygens (including phenoxy) is 4. The second-order valence-corrected chi connectivity index (χ2v) is 23.8. The maximum absolute atomic E-state index is 12.9. The number of nitrogens with zero attached hydrogens (tertiary/aromatic N) is 1. The maximum atomic E-state index is 12.9. The first-order valence-corrected chi connectivity index (χ1v) is 33.3. The predicted molar refractivity (Wildman–Crippen MR) is 332 cm³/mol. The van der Waals surface area contributed by atoms with E-state index in [1.54, 1.807) is 0 Å². The second kappa shape index (κ2) is 60.3. The molecule has 2 atom stereocenters. The summed E-state index contributed by atoms with van der Waals surface area (Å²) < 4.78 is 22.9. The third-order valence-electron chi connectivity index (χ3n) is 14.8. The number of allylic oxidation sites excluding steroid dienone is 8. The van der Waals surface area contributed by atoms with Crippen molar-refractivity contribution in [3.05, 3.63) is 48.6 Å². The minimum Gasteiger partial charge on any atom is -0.477 e. The summed E-state index contributed by atoms with van der Waals surface area (Å²) >= 11 is 0. The normalized spacial score (nSPS) is 13.0. The van der Waals surface area contributed by atoms with Crippen molar-refractivity contribution in [3.63, 3.8) is 0 Å². The largest absolute Gasteiger partial charge is 0.477 e. The summed E-state index contributed by atoms with van der Waals surface area (Å²) in [6, 6.07) is 0. The van der Waals surface area contributed by atoms with Gasteiger partial charge in [0.1, 0.15) is 13.2 Å². The Bertz CT molecular complexity index is 1420. The summed E-state index contributed by atoms with van der Waals surface area (Å²) in [5.74, 6) is -2.00. The molecule has 0 aliphatic heterocycles. The number of carbonyl (C=O) groups excluding carboxylic acids is 2. The highest BCUT2D eigenvalue weighted by atomic mass is 16.7. The average Bonchev–Trinajstić information content (AvgIpc) is 3.41. The Morgan fingerprint density at radius 2 is 0.692 bits per heavy atom. The number of esters is 2. The van der Waals surface area contributed by atoms with Crippen LogP contribution in [0.5, 0.6) is 0 Å². The second-order valence-electron chi connectivity index (χ2n) is 23.8. The van der Waals surface area contributed by atoms with Gasteiger partial charge in [-0.1, -0.05) is 274 Å². The first-order valence-electron chi connectivity index (χ1n) is 33.3. The Morgan fingerprint density at radius 1 is 0.385 bits per heavy atom. The minimum atomic E-state index is -1.51. The minimum absolute atomic E-state index is 0.183. The molecule has 0 aromatic carbocycles. The highest BCUT2D eigenvalue weighted by Gasteiger charge is 2.25. The summed E-state index contributed by atoms with van der Waals surface area (Å²) in [6.45, 7) is 4.86. The van der Waals surface area contributed by atoms with Crippen molar-refractivity contribution in [3.8, 4) is 0 Å². The molecule has 9 nitrogen and oxygen atoms in total. The van der Waals surface area contributed by atoms with Crippen LogP contribution in [0, 0.1) is 0 Å². The molecule has 0 aromatic rings. The molecule has 0 spiro atoms. The van der Waals surface area contributed by atoms with E-state index in [0.717, 1.165) is 70.6 Å². The number of hydrogen-bond donors (Lipinski definition) is 1. The molecule has 78 heavy (non-hydrogen) atoms. The van der Waals surface area contributed by atoms with Crippen molar-refractivity contribution in [1.29, 1.82) is 0 Å². The molecule has 0 radical (unpaired) electrons. The molecule has 1 N–H and O–H groups in total. The van der Waals surface area contributed by atoms with E-state index >= 15 is 0 Å². The molecular formula is C69H128NO8+. The first kappa shape index (κ1) is 75.2. The lowest BCUT2D eigenvalue weighted by atomic mass is 10.0. The van der Waals surface area contributed by atoms with E-state index < -0.39 is 24.3 Å². The van der Waals surface area contributed by atoms with Crippen LogP contribution in [0.2, 0.25) is 0 Å². The SMILES string of the molecule is CCCCC/C=C\CCCCCCCC(=O)OCC(COC(OCC[N+](C)(C)C)C(=O)O)OC(=O)CCCCCCCCCCCCCCCCCCCCCCCCCCCC/C=C\C/C=C\C/C=C\CCCCCCC. The van der Waals surface area contributed by atoms with E-state index in [1.807, 2.05) is 21.1 Å². The third kappa shape index (κ3) is 60.9. The van der Waals surface area contributed by atoms with Gasteiger partial charge in [0.05, 0.1) is 34.4 Å². The highest BCUT2D eigenvalue weighted by molar-refractivity contribution is 5.71. The summed E-state index contributed by atoms with van der Waals surface area (Å²) in [7, 11) is 5.97. The molecule has 0 saturated heterocycles. The van der Waals surface area contributed by atoms with Gasteiger partial charge in [-0.25, -0.2) is 4.79 Å². The zero-order valence-electron chi connectivity index (χ0n) is 52.1. The molecule has 0 aromatic heterocycles. The van der Waals surface area contributed by atoms with Crippen molar-refractivity contribution >= 4 is 17.9 Å². The van der Waals surface area contributed by atoms with Gasteiger partial charge >= 0.3 is 17.9 Å². The molecule has 2 unspecified atom stereocenters. The molecular weight excluding hydrogens is 971 g/mol. The number of rotatable bonds is 62. The highest BCUT2D eigenvalue weighted by Crippen LogP contribution is 2.18. The predicted octanol–water partition coefficient (Wildman–Crippen LogP) is 20.2. The molecule has 0 amide bonds. The molecule has 0 rings (SSSR count). The quantitative estimate of drug-likeness (QED) is 0.0211. The fraction of sp³-hybridized carbons (Fsp3) is 0.841. The van der Waals surface area contributed by atoms with Crippen LogP contribution in [0.4, 0.5) is 0 Å². The Hall–Kier alpha value is -2.75. The molecule has 0 heterocycles. The first-order chi connectivity index (χ1) is 38.1. The van der Waals surface area contributed by atoms with Gasteiger partial charge in [-0.2, -0.15) is 0 Å². The van der Waals surface area contributed by atoms with Gasteiger partial charge in [-0.15, -0.1) is 0 Å². The fourth-order valence-corrected chi connectivity index (χ4v) is 9.67. The van der Waals surface area contributed by atoms with Gasteiger partial charge in [-0.05, 0) is 77.0 Å². The van der Waals surface area contributed by atoms with E-state index in [4.69, 9.17) is 18.9 Å². The van der Waals surface area contributed by atoms with Crippen LogP contribution >= 0.6 is 0 Å². The number of carboxylic acids is 1. The van der Waals surface area contributed by atoms with E-state index in [2.05, 4.69) is 62.5 Å². The Kier molecular flexibility index (Phi) is 58.2. The number of carbonyl (C=O) groups is 3. The Morgan fingerprint density at radius 3 is 1.06 bits per heavy atom. The monoisotopic (exact) mass is 1100 g/mol. The van der Waals surface area contributed by atoms with Crippen LogP contribution in [0.1, 0.15) is 316 Å². The Labute approximate surface area is 482 Å². The number of quaternary nitrogens is 1. The lowest BCUT2D eigenvalue weighted by Gasteiger charge is -2.25. The van der Waals surface area contributed by atoms with Crippen LogP contribution in [0.25, 0.3) is 0 Å². The zero-order chi connectivity index (χ0) is 56.9. The Balaban J connectivity index is 3.88. The summed E-state index contributed by atoms with van der Waals surface area (Å²) in [6.07, 6.45) is 73.9. The molecule has 0 aliphatic rings. The lowest BCUT2D eigenvalue weighted by molar-refractivity contribution is -0.870. The number of carboxylic acid groups (broad SMARTS) is 1. The van der Waals surface area contributed by atoms with Crippen LogP contribution in [0.3, 0.4) is 0 Å². The molecule has 0 saturated carbocycles. The molecule has 9 heteroatoms. The number of aliphatic carboxylic acids is 1. The number of likely N-dealkylation sites (N-methyl/N-ethyl adjacent to an activating group) is 1. The van der Waals surface area contributed by atoms with Gasteiger partial charge in [0.2, 0.25) is 0 Å². The van der Waals surface area contributed by atoms with Crippen molar-refractivity contribution in [2.45, 2.75) is 328 Å². The van der Waals surface area contributed by atoms with Crippen LogP contribution in [0.15, 0.2) is 48.6 Å². The van der Waals surface area contributed by atoms with Gasteiger partial charge in [0.25, 0.3) is 6.29 Å². The van der Waals surface area contributed by atoms with E-state index in [9.17, 15) is 19.5 Å². The molecule has 456 valence electrons. The standard InChI is InChI=1S/C69H127NO8/c1-6-8-10-12-14-16-18-20-21-22-23-24-25-26-27-28-29-30-31-32-33-34-35-36-37-38-39-40-41-42-43-44-45-46-47-48-50-52-54-56-58-60-67(72)78-65(64-77-69(68(73)74)75-62-61-70(3,4)5)63-76-66(71)59-57-55-53-51-49-19-17-15-13-11-9-7-2/h15,17-18,20,22-23,25-26,65,69H,6-14,16,19,21,24,27-64H2,1-5H3/p+1/b17-15-,20-18-,23-22-,26-25-. The van der Waals surface area contributed by atoms with Gasteiger partial charge < -0.3 is 28.5 Å². The van der Waals surface area contributed by atoms with Crippen molar-refractivity contribution in [2.24, 2.45) is 0 Å². The molecule has 0 fully saturated rings. The fourth-order valence-electron chi connectivity index (χ4n) is 9.67. The zero-order valence-corrected chi connectivity index (χ0v) is 52.1. The van der Waals surface area contributed by atoms with E-state index in [1.165, 1.54) is 218 Å². The smallest absolute Gasteiger partial charge is 0.361 e. The lowest BCUT2D eigenvalue weighted by Crippen LogP contribution is -2.40. The molecule has 0 aliphatic carbocycles. The van der Waals surface area contributed by atoms with Crippen molar-refractivity contribution < 1.29 is 42.9 Å². The number of unbranched alkanes of at least 4 members (excludes halogenated alkanes) is 39. The summed E-state index contributed by atoms with van der Waals surface area (Å²) in [5, 5.41) is 9.69. The van der Waals surface area contributed by atoms with Crippen molar-refractivity contribution in [1.82, 2.24) is 0 Å². The van der Waals surface area contributed by atoms with Gasteiger partial charge in [0, 0.05) is 12.8 Å². The number of hydrogen-bond acceptors (Lipinski definition) is 7. The van der Waals surface area contributed by atoms with Gasteiger partial charge in [0.15, 0.2) is 6.10 Å². The summed E-state index contributed by atoms with van der Waals surface area (Å²) in [5.41, 5.74) is 0. The van der Waals surface area contributed by atoms with Gasteiger partial charge in [-0.3, -0.25) is 9.59 Å². The topological polar surface area (TPSA) is 108 Å². The van der Waals surface area contributed by atoms with Crippen molar-refractivity contribution in [2.75, 3.05) is 47.5 Å². The third-order valence-corrected chi connectivity index (χ3v) is 14.8. The van der Waals surface area contributed by atoms with Crippen LogP contribution in [-0.4, -0.2) is 87.4 Å². The van der Waals surface area contributed by atoms with E-state index in [0.29, 0.717) is 17.4 Å². The van der Waals surface area contributed by atoms with E-state index in [-0.39, 0.29) is 32.2 Å². The maximum Gasteiger partial charge on any atom is 0.361 e. The summed E-state index contributed by atoms with van der Waals surface area (Å²) in [4.78, 5) is 37.4. The molecule has 0 bridgehead atoms. The van der Waals surface area contributed by atoms with Crippen LogP contribution in [-0.2, 0) is 33.3 Å². The average molecular weight is 1100 g/mol.